The topological polar surface area (TPSA) is 27.7 Å². The van der Waals surface area contributed by atoms with Crippen molar-refractivity contribution in [2.75, 3.05) is 6.61 Å². The molecule has 0 saturated carbocycles. The molecule has 1 atom stereocenters. The van der Waals surface area contributed by atoms with Crippen molar-refractivity contribution in [1.82, 2.24) is 0 Å². The minimum absolute atomic E-state index is 0.236. The Kier molecular flexibility index (Phi) is 4.10. The number of para-hydroxylation sites is 2. The average Bonchev–Trinajstić information content (AvgIpc) is 2.71. The van der Waals surface area contributed by atoms with E-state index in [1.54, 1.807) is 0 Å². The van der Waals surface area contributed by atoms with Gasteiger partial charge in [-0.15, -0.1) is 0 Å². The molecule has 1 aliphatic heterocycles. The van der Waals surface area contributed by atoms with Crippen LogP contribution in [0.15, 0.2) is 36.3 Å². The third-order valence-electron chi connectivity index (χ3n) is 2.55. The quantitative estimate of drug-likeness (QED) is 0.730. The molecule has 0 N–H and O–H groups in total. The van der Waals surface area contributed by atoms with Crippen LogP contribution in [0, 0.1) is 0 Å². The predicted molar refractivity (Wildman–Crippen MR) is 68.3 cm³/mol. The normalized spacial score (nSPS) is 15.5. The number of benzene rings is 1. The van der Waals surface area contributed by atoms with Crippen molar-refractivity contribution in [2.24, 2.45) is 0 Å². The van der Waals surface area contributed by atoms with E-state index in [9.17, 15) is 0 Å². The van der Waals surface area contributed by atoms with Gasteiger partial charge in [0.05, 0.1) is 6.10 Å². The molecule has 1 aromatic carbocycles. The lowest BCUT2D eigenvalue weighted by Gasteiger charge is -2.07. The van der Waals surface area contributed by atoms with Crippen LogP contribution in [0.25, 0.3) is 0 Å². The van der Waals surface area contributed by atoms with E-state index in [-0.39, 0.29) is 13.2 Å². The van der Waals surface area contributed by atoms with E-state index in [1.807, 2.05) is 43.2 Å². The van der Waals surface area contributed by atoms with Crippen molar-refractivity contribution in [1.29, 1.82) is 0 Å². The second kappa shape index (κ2) is 5.78. The van der Waals surface area contributed by atoms with Crippen LogP contribution < -0.4 is 9.31 Å². The predicted octanol–water partition coefficient (Wildman–Crippen LogP) is 2.86. The molecule has 4 heteroatoms. The van der Waals surface area contributed by atoms with Gasteiger partial charge < -0.3 is 14.0 Å². The monoisotopic (exact) mass is 232 g/mol. The van der Waals surface area contributed by atoms with Gasteiger partial charge in [-0.1, -0.05) is 18.2 Å². The highest BCUT2D eigenvalue weighted by Gasteiger charge is 2.28. The standard InChI is InChI=1S/C13H17BO3/c1-3-15-11(2)7-6-10-14-16-12-8-4-5-9-13(12)17-14/h4-6,8-11H,3,7H2,1-2H3. The fraction of sp³-hybridized carbons (Fsp3) is 0.385. The largest absolute Gasteiger partial charge is 0.624 e. The molecule has 0 amide bonds. The van der Waals surface area contributed by atoms with Crippen molar-refractivity contribution in [3.05, 3.63) is 36.3 Å². The highest BCUT2D eigenvalue weighted by molar-refractivity contribution is 6.53. The van der Waals surface area contributed by atoms with Crippen LogP contribution in [-0.4, -0.2) is 19.8 Å². The second-order valence-electron chi connectivity index (χ2n) is 3.98. The summed E-state index contributed by atoms with van der Waals surface area (Å²) in [7, 11) is -0.304. The first-order valence-corrected chi connectivity index (χ1v) is 6.00. The van der Waals surface area contributed by atoms with Gasteiger partial charge in [0.2, 0.25) is 0 Å². The number of hydrogen-bond donors (Lipinski definition) is 0. The Morgan fingerprint density at radius 3 is 2.53 bits per heavy atom. The summed E-state index contributed by atoms with van der Waals surface area (Å²) in [5.41, 5.74) is 0. The molecular weight excluding hydrogens is 215 g/mol. The minimum atomic E-state index is -0.304. The lowest BCUT2D eigenvalue weighted by Crippen LogP contribution is -2.21. The highest BCUT2D eigenvalue weighted by atomic mass is 16.6. The van der Waals surface area contributed by atoms with Crippen molar-refractivity contribution in [3.8, 4) is 11.5 Å². The molecule has 17 heavy (non-hydrogen) atoms. The molecule has 1 aliphatic rings. The minimum Gasteiger partial charge on any atom is -0.520 e. The Hall–Kier alpha value is -1.42. The molecule has 90 valence electrons. The van der Waals surface area contributed by atoms with E-state index in [0.717, 1.165) is 24.5 Å². The highest BCUT2D eigenvalue weighted by Crippen LogP contribution is 2.32. The Bertz CT molecular complexity index is 367. The molecule has 1 unspecified atom stereocenters. The molecule has 1 heterocycles. The fourth-order valence-corrected chi connectivity index (χ4v) is 1.73. The van der Waals surface area contributed by atoms with Crippen LogP contribution >= 0.6 is 0 Å². The van der Waals surface area contributed by atoms with E-state index in [2.05, 4.69) is 6.92 Å². The molecule has 1 aromatic rings. The molecular formula is C13H17BO3. The van der Waals surface area contributed by atoms with Crippen LogP contribution in [0.3, 0.4) is 0 Å². The first-order chi connectivity index (χ1) is 8.29. The Morgan fingerprint density at radius 2 is 1.94 bits per heavy atom. The summed E-state index contributed by atoms with van der Waals surface area (Å²) in [5.74, 6) is 3.54. The Labute approximate surface area is 103 Å². The number of fused-ring (bicyclic) bond motifs is 1. The van der Waals surface area contributed by atoms with Crippen molar-refractivity contribution in [3.63, 3.8) is 0 Å². The second-order valence-corrected chi connectivity index (χ2v) is 3.98. The molecule has 2 rings (SSSR count). The van der Waals surface area contributed by atoms with Crippen molar-refractivity contribution >= 4 is 7.12 Å². The fourth-order valence-electron chi connectivity index (χ4n) is 1.73. The first kappa shape index (κ1) is 12.1. The zero-order valence-electron chi connectivity index (χ0n) is 10.3. The Morgan fingerprint density at radius 1 is 1.29 bits per heavy atom. The summed E-state index contributed by atoms with van der Waals surface area (Å²) in [5, 5.41) is 0. The zero-order chi connectivity index (χ0) is 12.1. The van der Waals surface area contributed by atoms with Gasteiger partial charge in [0.15, 0.2) is 0 Å². The SMILES string of the molecule is CCOC(C)CC=CB1Oc2ccccc2O1. The van der Waals surface area contributed by atoms with E-state index >= 15 is 0 Å². The van der Waals surface area contributed by atoms with Gasteiger partial charge in [0.1, 0.15) is 11.5 Å². The van der Waals surface area contributed by atoms with Gasteiger partial charge >= 0.3 is 7.12 Å². The average molecular weight is 232 g/mol. The van der Waals surface area contributed by atoms with E-state index in [4.69, 9.17) is 14.0 Å². The third kappa shape index (κ3) is 3.27. The van der Waals surface area contributed by atoms with Crippen LogP contribution in [0.4, 0.5) is 0 Å². The summed E-state index contributed by atoms with van der Waals surface area (Å²) in [6, 6.07) is 7.69. The summed E-state index contributed by atoms with van der Waals surface area (Å²) in [4.78, 5) is 0. The van der Waals surface area contributed by atoms with Gasteiger partial charge in [0, 0.05) is 6.61 Å². The first-order valence-electron chi connectivity index (χ1n) is 6.00. The van der Waals surface area contributed by atoms with Gasteiger partial charge in [-0.2, -0.15) is 0 Å². The van der Waals surface area contributed by atoms with Crippen LogP contribution in [0.5, 0.6) is 11.5 Å². The zero-order valence-corrected chi connectivity index (χ0v) is 10.3. The molecule has 0 radical (unpaired) electrons. The van der Waals surface area contributed by atoms with E-state index in [0.29, 0.717) is 0 Å². The maximum absolute atomic E-state index is 5.60. The third-order valence-corrected chi connectivity index (χ3v) is 2.55. The lowest BCUT2D eigenvalue weighted by atomic mass is 9.90. The summed E-state index contributed by atoms with van der Waals surface area (Å²) in [6.45, 7) is 4.80. The van der Waals surface area contributed by atoms with Crippen molar-refractivity contribution < 1.29 is 14.0 Å². The molecule has 0 bridgehead atoms. The summed E-state index contributed by atoms with van der Waals surface area (Å²) < 4.78 is 16.6. The van der Waals surface area contributed by atoms with Gasteiger partial charge in [0.25, 0.3) is 0 Å². The molecule has 0 saturated heterocycles. The molecule has 0 aliphatic carbocycles. The van der Waals surface area contributed by atoms with E-state index < -0.39 is 0 Å². The van der Waals surface area contributed by atoms with Crippen LogP contribution in [-0.2, 0) is 4.74 Å². The molecule has 3 nitrogen and oxygen atoms in total. The molecule has 0 spiro atoms. The van der Waals surface area contributed by atoms with Crippen LogP contribution in [0.2, 0.25) is 0 Å². The van der Waals surface area contributed by atoms with Gasteiger partial charge in [-0.3, -0.25) is 0 Å². The Balaban J connectivity index is 1.81. The van der Waals surface area contributed by atoms with Gasteiger partial charge in [-0.25, -0.2) is 0 Å². The maximum Gasteiger partial charge on any atom is 0.624 e. The maximum atomic E-state index is 5.60. The van der Waals surface area contributed by atoms with E-state index in [1.165, 1.54) is 0 Å². The lowest BCUT2D eigenvalue weighted by molar-refractivity contribution is 0.0787. The molecule has 0 aromatic heterocycles. The summed E-state index contributed by atoms with van der Waals surface area (Å²) in [6.07, 6.45) is 3.14. The smallest absolute Gasteiger partial charge is 0.520 e. The molecule has 0 fully saturated rings. The summed E-state index contributed by atoms with van der Waals surface area (Å²) >= 11 is 0. The van der Waals surface area contributed by atoms with Gasteiger partial charge in [-0.05, 0) is 38.4 Å². The number of hydrogen-bond acceptors (Lipinski definition) is 3. The number of rotatable bonds is 5. The number of ether oxygens (including phenoxy) is 1. The van der Waals surface area contributed by atoms with Crippen molar-refractivity contribution in [2.45, 2.75) is 26.4 Å². The van der Waals surface area contributed by atoms with Crippen LogP contribution in [0.1, 0.15) is 20.3 Å².